The van der Waals surface area contributed by atoms with Crippen LogP contribution in [-0.2, 0) is 10.0 Å². The molecule has 3 N–H and O–H groups in total. The lowest BCUT2D eigenvalue weighted by Crippen LogP contribution is -2.30. The number of hydrogen-bond acceptors (Lipinski definition) is 6. The Hall–Kier alpha value is -1.74. The normalized spacial score (nSPS) is 11.7. The van der Waals surface area contributed by atoms with Crippen molar-refractivity contribution in [2.45, 2.75) is 24.8 Å². The number of sulfonamides is 1. The third kappa shape index (κ3) is 3.11. The molecule has 0 radical (unpaired) electrons. The summed E-state index contributed by atoms with van der Waals surface area (Å²) in [6.07, 6.45) is 0.979. The zero-order valence-corrected chi connectivity index (χ0v) is 10.1. The molecule has 0 saturated carbocycles. The van der Waals surface area contributed by atoms with Crippen molar-refractivity contribution in [3.05, 3.63) is 22.4 Å². The van der Waals surface area contributed by atoms with E-state index >= 15 is 0 Å². The molecule has 0 bridgehead atoms. The quantitative estimate of drug-likeness (QED) is 0.590. The zero-order chi connectivity index (χ0) is 13.2. The third-order valence-corrected chi connectivity index (χ3v) is 3.40. The number of hydrogen-bond donors (Lipinski definition) is 2. The van der Waals surface area contributed by atoms with Crippen molar-refractivity contribution in [3.8, 4) is 0 Å². The fraction of sp³-hybridized carbons (Fsp3) is 0.375. The molecule has 1 rings (SSSR count). The maximum absolute atomic E-state index is 11.7. The van der Waals surface area contributed by atoms with Gasteiger partial charge in [0.1, 0.15) is 4.90 Å². The van der Waals surface area contributed by atoms with E-state index in [0.717, 1.165) is 12.3 Å². The summed E-state index contributed by atoms with van der Waals surface area (Å²) in [5.74, 6) is -0.321. The summed E-state index contributed by atoms with van der Waals surface area (Å²) in [5, 5.41) is 10.6. The Labute approximate surface area is 98.0 Å². The molecular weight excluding hydrogens is 248 g/mol. The minimum absolute atomic E-state index is 0.285. The van der Waals surface area contributed by atoms with Gasteiger partial charge in [-0.25, -0.2) is 18.1 Å². The van der Waals surface area contributed by atoms with E-state index < -0.39 is 20.6 Å². The molecule has 0 spiro atoms. The van der Waals surface area contributed by atoms with Crippen LogP contribution in [-0.4, -0.2) is 24.4 Å². The molecule has 17 heavy (non-hydrogen) atoms. The number of nitro groups is 1. The Morgan fingerprint density at radius 3 is 2.59 bits per heavy atom. The van der Waals surface area contributed by atoms with Crippen LogP contribution in [0.3, 0.4) is 0 Å². The topological polar surface area (TPSA) is 128 Å². The molecule has 0 aromatic carbocycles. The van der Waals surface area contributed by atoms with Gasteiger partial charge in [-0.15, -0.1) is 0 Å². The van der Waals surface area contributed by atoms with Gasteiger partial charge in [0.05, 0.1) is 4.92 Å². The van der Waals surface area contributed by atoms with E-state index in [2.05, 4.69) is 9.71 Å². The lowest BCUT2D eigenvalue weighted by atomic mass is 10.4. The van der Waals surface area contributed by atoms with Crippen molar-refractivity contribution in [1.29, 1.82) is 0 Å². The number of rotatable bonds is 4. The minimum atomic E-state index is -3.80. The lowest BCUT2D eigenvalue weighted by Gasteiger charge is -2.09. The van der Waals surface area contributed by atoms with Gasteiger partial charge in [-0.3, -0.25) is 10.1 Å². The van der Waals surface area contributed by atoms with Gasteiger partial charge in [0.2, 0.25) is 15.8 Å². The van der Waals surface area contributed by atoms with Crippen molar-refractivity contribution in [3.63, 3.8) is 0 Å². The molecule has 1 heterocycles. The lowest BCUT2D eigenvalue weighted by molar-refractivity contribution is -0.384. The van der Waals surface area contributed by atoms with Gasteiger partial charge in [0, 0.05) is 18.3 Å². The van der Waals surface area contributed by atoms with Gasteiger partial charge < -0.3 is 5.73 Å². The Bertz CT molecular complexity index is 540. The first kappa shape index (κ1) is 13.3. The Kier molecular flexibility index (Phi) is 3.63. The second-order valence-electron chi connectivity index (χ2n) is 3.61. The Balaban J connectivity index is 3.25. The molecule has 0 aliphatic carbocycles. The van der Waals surface area contributed by atoms with E-state index in [1.54, 1.807) is 13.8 Å². The minimum Gasteiger partial charge on any atom is -0.378 e. The van der Waals surface area contributed by atoms with Gasteiger partial charge in [0.15, 0.2) is 0 Å². The number of nitrogens with zero attached hydrogens (tertiary/aromatic N) is 2. The fourth-order valence-corrected chi connectivity index (χ4v) is 2.33. The van der Waals surface area contributed by atoms with E-state index in [1.165, 1.54) is 0 Å². The second kappa shape index (κ2) is 4.63. The first-order chi connectivity index (χ1) is 7.74. The van der Waals surface area contributed by atoms with Crippen LogP contribution in [0.4, 0.5) is 11.5 Å². The molecule has 8 nitrogen and oxygen atoms in total. The molecule has 0 saturated heterocycles. The molecule has 0 aliphatic rings. The predicted octanol–water partition coefficient (Wildman–Crippen LogP) is 0.259. The largest absolute Gasteiger partial charge is 0.378 e. The van der Waals surface area contributed by atoms with Crippen molar-refractivity contribution < 1.29 is 13.3 Å². The highest BCUT2D eigenvalue weighted by Crippen LogP contribution is 2.22. The molecule has 0 fully saturated rings. The smallest absolute Gasteiger partial charge is 0.312 e. The Morgan fingerprint density at radius 1 is 1.53 bits per heavy atom. The number of pyridine rings is 1. The van der Waals surface area contributed by atoms with Gasteiger partial charge in [-0.1, -0.05) is 0 Å². The molecule has 1 aromatic heterocycles. The van der Waals surface area contributed by atoms with Gasteiger partial charge >= 0.3 is 5.69 Å². The number of nitrogens with one attached hydrogen (secondary N) is 1. The summed E-state index contributed by atoms with van der Waals surface area (Å²) in [6.45, 7) is 3.27. The zero-order valence-electron chi connectivity index (χ0n) is 9.25. The van der Waals surface area contributed by atoms with Gasteiger partial charge in [-0.05, 0) is 13.8 Å². The average molecular weight is 260 g/mol. The molecule has 0 amide bonds. The summed E-state index contributed by atoms with van der Waals surface area (Å²) in [4.78, 5) is 13.0. The van der Waals surface area contributed by atoms with Crippen LogP contribution >= 0.6 is 0 Å². The van der Waals surface area contributed by atoms with Crippen molar-refractivity contribution in [1.82, 2.24) is 9.71 Å². The van der Waals surface area contributed by atoms with Crippen LogP contribution in [0.2, 0.25) is 0 Å². The summed E-state index contributed by atoms with van der Waals surface area (Å²) < 4.78 is 25.7. The van der Waals surface area contributed by atoms with E-state index in [0.29, 0.717) is 0 Å². The number of nitrogens with two attached hydrogens (primary N) is 1. The SMILES string of the molecule is CC(C)NS(=O)(=O)c1cnc(N)c([N+](=O)[O-])c1. The maximum atomic E-state index is 11.7. The first-order valence-electron chi connectivity index (χ1n) is 4.66. The number of nitrogen functional groups attached to an aromatic ring is 1. The standard InChI is InChI=1S/C8H12N4O4S/c1-5(2)11-17(15,16)6-3-7(12(13)14)8(9)10-4-6/h3-5,11H,1-2H3,(H2,9,10). The van der Waals surface area contributed by atoms with Crippen LogP contribution in [0.25, 0.3) is 0 Å². The van der Waals surface area contributed by atoms with Crippen LogP contribution < -0.4 is 10.5 Å². The molecule has 0 atom stereocenters. The third-order valence-electron chi connectivity index (χ3n) is 1.77. The average Bonchev–Trinajstić information content (AvgIpc) is 2.15. The van der Waals surface area contributed by atoms with Crippen LogP contribution in [0, 0.1) is 10.1 Å². The second-order valence-corrected chi connectivity index (χ2v) is 5.32. The highest BCUT2D eigenvalue weighted by atomic mass is 32.2. The summed E-state index contributed by atoms with van der Waals surface area (Å²) >= 11 is 0. The number of aromatic nitrogens is 1. The van der Waals surface area contributed by atoms with E-state index in [1.807, 2.05) is 0 Å². The summed E-state index contributed by atoms with van der Waals surface area (Å²) in [6, 6.07) is 0.559. The van der Waals surface area contributed by atoms with E-state index in [-0.39, 0.29) is 16.8 Å². The predicted molar refractivity (Wildman–Crippen MR) is 60.8 cm³/mol. The fourth-order valence-electron chi connectivity index (χ4n) is 1.12. The van der Waals surface area contributed by atoms with Crippen molar-refractivity contribution >= 4 is 21.5 Å². The monoisotopic (exact) mass is 260 g/mol. The van der Waals surface area contributed by atoms with Crippen LogP contribution in [0.5, 0.6) is 0 Å². The summed E-state index contributed by atoms with van der Waals surface area (Å²) in [5.41, 5.74) is 4.74. The molecule has 0 unspecified atom stereocenters. The van der Waals surface area contributed by atoms with Crippen LogP contribution in [0.1, 0.15) is 13.8 Å². The van der Waals surface area contributed by atoms with Crippen molar-refractivity contribution in [2.75, 3.05) is 5.73 Å². The number of anilines is 1. The highest BCUT2D eigenvalue weighted by Gasteiger charge is 2.21. The summed E-state index contributed by atoms with van der Waals surface area (Å²) in [7, 11) is -3.80. The molecule has 94 valence electrons. The highest BCUT2D eigenvalue weighted by molar-refractivity contribution is 7.89. The molecule has 1 aromatic rings. The first-order valence-corrected chi connectivity index (χ1v) is 6.14. The van der Waals surface area contributed by atoms with E-state index in [9.17, 15) is 18.5 Å². The van der Waals surface area contributed by atoms with Gasteiger partial charge in [-0.2, -0.15) is 0 Å². The van der Waals surface area contributed by atoms with Crippen molar-refractivity contribution in [2.24, 2.45) is 0 Å². The van der Waals surface area contributed by atoms with Gasteiger partial charge in [0.25, 0.3) is 0 Å². The van der Waals surface area contributed by atoms with E-state index in [4.69, 9.17) is 5.73 Å². The molecule has 9 heteroatoms. The van der Waals surface area contributed by atoms with Crippen LogP contribution in [0.15, 0.2) is 17.2 Å². The molecular formula is C8H12N4O4S. The Morgan fingerprint density at radius 2 is 2.12 bits per heavy atom. The molecule has 0 aliphatic heterocycles. The maximum Gasteiger partial charge on any atom is 0.312 e.